The van der Waals surface area contributed by atoms with Crippen molar-refractivity contribution in [2.24, 2.45) is 0 Å². The second-order valence-corrected chi connectivity index (χ2v) is 4.47. The Morgan fingerprint density at radius 3 is 2.84 bits per heavy atom. The molecule has 0 unspecified atom stereocenters. The standard InChI is InChI=1S/C12H8N4O2S/c17-11(14-12-15-13-7-19-12)9-6-10(18-16-9)8-4-2-1-3-5-8/h1-7H,(H,14,15,17). The fraction of sp³-hybridized carbons (Fsp3) is 0. The number of rotatable bonds is 3. The number of benzene rings is 1. The van der Waals surface area contributed by atoms with Gasteiger partial charge in [-0.25, -0.2) is 0 Å². The summed E-state index contributed by atoms with van der Waals surface area (Å²) in [5.41, 5.74) is 2.60. The number of carbonyl (C=O) groups excluding carboxylic acids is 1. The molecular weight excluding hydrogens is 264 g/mol. The maximum Gasteiger partial charge on any atom is 0.279 e. The maximum absolute atomic E-state index is 11.9. The van der Waals surface area contributed by atoms with Crippen LogP contribution in [0.2, 0.25) is 0 Å². The molecule has 0 atom stereocenters. The molecule has 0 bridgehead atoms. The molecule has 3 rings (SSSR count). The van der Waals surface area contributed by atoms with Gasteiger partial charge in [0.05, 0.1) is 0 Å². The van der Waals surface area contributed by atoms with E-state index in [1.807, 2.05) is 30.3 Å². The fourth-order valence-corrected chi connectivity index (χ4v) is 1.95. The fourth-order valence-electron chi connectivity index (χ4n) is 1.51. The summed E-state index contributed by atoms with van der Waals surface area (Å²) in [5, 5.41) is 14.1. The number of hydrogen-bond acceptors (Lipinski definition) is 6. The van der Waals surface area contributed by atoms with E-state index < -0.39 is 0 Å². The molecule has 19 heavy (non-hydrogen) atoms. The van der Waals surface area contributed by atoms with Gasteiger partial charge in [0.25, 0.3) is 5.91 Å². The Morgan fingerprint density at radius 2 is 2.11 bits per heavy atom. The van der Waals surface area contributed by atoms with Crippen LogP contribution in [0.4, 0.5) is 5.13 Å². The van der Waals surface area contributed by atoms with Gasteiger partial charge < -0.3 is 4.52 Å². The van der Waals surface area contributed by atoms with Crippen molar-refractivity contribution in [1.82, 2.24) is 15.4 Å². The highest BCUT2D eigenvalue weighted by Gasteiger charge is 2.14. The van der Waals surface area contributed by atoms with Crippen molar-refractivity contribution in [3.63, 3.8) is 0 Å². The van der Waals surface area contributed by atoms with Crippen LogP contribution >= 0.6 is 11.3 Å². The molecule has 0 aliphatic rings. The minimum Gasteiger partial charge on any atom is -0.355 e. The Balaban J connectivity index is 1.80. The molecule has 1 aromatic carbocycles. The van der Waals surface area contributed by atoms with E-state index in [0.29, 0.717) is 10.9 Å². The maximum atomic E-state index is 11.9. The lowest BCUT2D eigenvalue weighted by Crippen LogP contribution is -2.11. The minimum absolute atomic E-state index is 0.203. The average molecular weight is 272 g/mol. The van der Waals surface area contributed by atoms with Crippen LogP contribution < -0.4 is 5.32 Å². The lowest BCUT2D eigenvalue weighted by atomic mass is 10.1. The smallest absolute Gasteiger partial charge is 0.279 e. The van der Waals surface area contributed by atoms with Gasteiger partial charge in [-0.15, -0.1) is 10.2 Å². The number of nitrogens with zero attached hydrogens (tertiary/aromatic N) is 3. The van der Waals surface area contributed by atoms with Crippen LogP contribution in [0.5, 0.6) is 0 Å². The Kier molecular flexibility index (Phi) is 3.03. The Hall–Kier alpha value is -2.54. The SMILES string of the molecule is O=C(Nc1nncs1)c1cc(-c2ccccc2)on1. The molecule has 2 aromatic heterocycles. The molecule has 0 fully saturated rings. The van der Waals surface area contributed by atoms with E-state index in [9.17, 15) is 4.79 Å². The quantitative estimate of drug-likeness (QED) is 0.792. The summed E-state index contributed by atoms with van der Waals surface area (Å²) in [7, 11) is 0. The van der Waals surface area contributed by atoms with Crippen molar-refractivity contribution in [2.75, 3.05) is 5.32 Å². The third-order valence-electron chi connectivity index (χ3n) is 2.38. The normalized spacial score (nSPS) is 10.3. The molecule has 0 aliphatic heterocycles. The summed E-state index contributed by atoms with van der Waals surface area (Å²) in [5.74, 6) is 0.172. The van der Waals surface area contributed by atoms with Crippen LogP contribution in [0.25, 0.3) is 11.3 Å². The van der Waals surface area contributed by atoms with E-state index in [0.717, 1.165) is 5.56 Å². The summed E-state index contributed by atoms with van der Waals surface area (Å²) in [4.78, 5) is 11.9. The highest BCUT2D eigenvalue weighted by atomic mass is 32.1. The first-order valence-electron chi connectivity index (χ1n) is 5.42. The third kappa shape index (κ3) is 2.50. The zero-order chi connectivity index (χ0) is 13.1. The van der Waals surface area contributed by atoms with Crippen molar-refractivity contribution in [2.45, 2.75) is 0 Å². The first-order chi connectivity index (χ1) is 9.33. The topological polar surface area (TPSA) is 80.9 Å². The highest BCUT2D eigenvalue weighted by Crippen LogP contribution is 2.20. The molecule has 94 valence electrons. The molecule has 6 nitrogen and oxygen atoms in total. The Labute approximate surface area is 112 Å². The van der Waals surface area contributed by atoms with E-state index in [4.69, 9.17) is 4.52 Å². The van der Waals surface area contributed by atoms with Crippen LogP contribution in [0.3, 0.4) is 0 Å². The van der Waals surface area contributed by atoms with Gasteiger partial charge in [-0.1, -0.05) is 46.8 Å². The number of aromatic nitrogens is 3. The lowest BCUT2D eigenvalue weighted by Gasteiger charge is -1.94. The predicted octanol–water partition coefficient (Wildman–Crippen LogP) is 2.45. The van der Waals surface area contributed by atoms with Gasteiger partial charge in [-0.05, 0) is 0 Å². The summed E-state index contributed by atoms with van der Waals surface area (Å²) < 4.78 is 5.15. The molecule has 1 amide bonds. The van der Waals surface area contributed by atoms with Crippen molar-refractivity contribution in [1.29, 1.82) is 0 Å². The summed E-state index contributed by atoms with van der Waals surface area (Å²) >= 11 is 1.24. The Morgan fingerprint density at radius 1 is 1.26 bits per heavy atom. The van der Waals surface area contributed by atoms with E-state index >= 15 is 0 Å². The third-order valence-corrected chi connectivity index (χ3v) is 2.99. The van der Waals surface area contributed by atoms with Gasteiger partial charge in [-0.2, -0.15) is 0 Å². The number of carbonyl (C=O) groups is 1. The van der Waals surface area contributed by atoms with E-state index in [2.05, 4.69) is 20.7 Å². The van der Waals surface area contributed by atoms with Crippen LogP contribution in [-0.4, -0.2) is 21.3 Å². The largest absolute Gasteiger partial charge is 0.355 e. The molecule has 2 heterocycles. The van der Waals surface area contributed by atoms with E-state index in [1.165, 1.54) is 16.8 Å². The summed E-state index contributed by atoms with van der Waals surface area (Å²) in [6.45, 7) is 0. The summed E-state index contributed by atoms with van der Waals surface area (Å²) in [6.07, 6.45) is 0. The number of amides is 1. The lowest BCUT2D eigenvalue weighted by molar-refractivity contribution is 0.101. The summed E-state index contributed by atoms with van der Waals surface area (Å²) in [6, 6.07) is 11.0. The van der Waals surface area contributed by atoms with Crippen molar-refractivity contribution in [3.8, 4) is 11.3 Å². The second-order valence-electron chi connectivity index (χ2n) is 3.64. The van der Waals surface area contributed by atoms with Gasteiger partial charge >= 0.3 is 0 Å². The minimum atomic E-state index is -0.373. The first kappa shape index (κ1) is 11.5. The van der Waals surface area contributed by atoms with Gasteiger partial charge in [0.2, 0.25) is 5.13 Å². The molecule has 0 spiro atoms. The van der Waals surface area contributed by atoms with Crippen LogP contribution in [-0.2, 0) is 0 Å². The molecule has 0 saturated carbocycles. The zero-order valence-corrected chi connectivity index (χ0v) is 10.4. The molecular formula is C12H8N4O2S. The molecule has 0 aliphatic carbocycles. The van der Waals surface area contributed by atoms with E-state index in [-0.39, 0.29) is 11.6 Å². The van der Waals surface area contributed by atoms with Gasteiger partial charge in [0.1, 0.15) is 5.51 Å². The van der Waals surface area contributed by atoms with E-state index in [1.54, 1.807) is 6.07 Å². The molecule has 7 heteroatoms. The molecule has 0 radical (unpaired) electrons. The number of anilines is 1. The zero-order valence-electron chi connectivity index (χ0n) is 9.61. The van der Waals surface area contributed by atoms with Gasteiger partial charge in [0, 0.05) is 11.6 Å². The first-order valence-corrected chi connectivity index (χ1v) is 6.30. The molecule has 3 aromatic rings. The second kappa shape index (κ2) is 4.99. The highest BCUT2D eigenvalue weighted by molar-refractivity contribution is 7.13. The van der Waals surface area contributed by atoms with Crippen molar-refractivity contribution >= 4 is 22.4 Å². The van der Waals surface area contributed by atoms with Crippen molar-refractivity contribution in [3.05, 3.63) is 47.6 Å². The number of nitrogens with one attached hydrogen (secondary N) is 1. The predicted molar refractivity (Wildman–Crippen MR) is 69.8 cm³/mol. The van der Waals surface area contributed by atoms with Crippen LogP contribution in [0.15, 0.2) is 46.4 Å². The van der Waals surface area contributed by atoms with Crippen LogP contribution in [0, 0.1) is 0 Å². The molecule has 1 N–H and O–H groups in total. The van der Waals surface area contributed by atoms with Gasteiger partial charge in [0.15, 0.2) is 11.5 Å². The van der Waals surface area contributed by atoms with Gasteiger partial charge in [-0.3, -0.25) is 10.1 Å². The Bertz CT molecular complexity index is 679. The monoisotopic (exact) mass is 272 g/mol. The van der Waals surface area contributed by atoms with Crippen LogP contribution in [0.1, 0.15) is 10.5 Å². The molecule has 0 saturated heterocycles. The number of hydrogen-bond donors (Lipinski definition) is 1. The average Bonchev–Trinajstić information content (AvgIpc) is 3.10. The van der Waals surface area contributed by atoms with Crippen molar-refractivity contribution < 1.29 is 9.32 Å².